The van der Waals surface area contributed by atoms with Crippen molar-refractivity contribution in [2.24, 2.45) is 5.73 Å². The van der Waals surface area contributed by atoms with Crippen LogP contribution < -0.4 is 5.73 Å². The molecule has 3 aromatic rings. The van der Waals surface area contributed by atoms with Crippen molar-refractivity contribution < 1.29 is 14.7 Å². The van der Waals surface area contributed by atoms with Crippen LogP contribution in [0.15, 0.2) is 46.9 Å². The molecule has 2 amide bonds. The molecule has 180 valence electrons. The maximum Gasteiger partial charge on any atom is 0.356 e. The van der Waals surface area contributed by atoms with Gasteiger partial charge in [0.25, 0.3) is 0 Å². The average Bonchev–Trinajstić information content (AvgIpc) is 3.20. The first-order chi connectivity index (χ1) is 16.2. The number of carboxylic acids is 1. The summed E-state index contributed by atoms with van der Waals surface area (Å²) in [6, 6.07) is 12.4. The first-order valence-corrected chi connectivity index (χ1v) is 12.4. The third-order valence-electron chi connectivity index (χ3n) is 5.43. The standard InChI is InChI=1S/C18H13BrCl2N2O2.C6H12N2O/c1-2-15-16(18(24)25)22-17(13-8-5-11(20)9-14(13)21)23(15)12-6-3-10(19)4-7-12;7-6(9)8-4-2-1-3-5-8/h3-9H,2H2,1H3,(H,24,25);1-5H2,(H2,7,9). The van der Waals surface area contributed by atoms with E-state index in [1.165, 1.54) is 6.42 Å². The molecule has 4 rings (SSSR count). The van der Waals surface area contributed by atoms with Gasteiger partial charge in [0.1, 0.15) is 5.82 Å². The number of hydrogen-bond acceptors (Lipinski definition) is 3. The Kier molecular flexibility index (Phi) is 8.99. The van der Waals surface area contributed by atoms with E-state index in [1.807, 2.05) is 35.8 Å². The van der Waals surface area contributed by atoms with Crippen LogP contribution in [0.5, 0.6) is 0 Å². The van der Waals surface area contributed by atoms with Gasteiger partial charge in [-0.05, 0) is 68.1 Å². The molecular weight excluding hydrogens is 543 g/mol. The van der Waals surface area contributed by atoms with Gasteiger partial charge in [-0.25, -0.2) is 14.6 Å². The van der Waals surface area contributed by atoms with Crippen molar-refractivity contribution in [2.45, 2.75) is 32.6 Å². The molecule has 0 bridgehead atoms. The van der Waals surface area contributed by atoms with Gasteiger partial charge in [0.15, 0.2) is 5.69 Å². The number of piperidine rings is 1. The smallest absolute Gasteiger partial charge is 0.356 e. The Hall–Kier alpha value is -2.55. The largest absolute Gasteiger partial charge is 0.476 e. The molecule has 0 radical (unpaired) electrons. The minimum atomic E-state index is -1.07. The van der Waals surface area contributed by atoms with Gasteiger partial charge in [-0.2, -0.15) is 0 Å². The van der Waals surface area contributed by atoms with Crippen molar-refractivity contribution >= 4 is 51.1 Å². The third kappa shape index (κ3) is 6.11. The van der Waals surface area contributed by atoms with Crippen LogP contribution in [0.2, 0.25) is 10.0 Å². The van der Waals surface area contributed by atoms with Crippen LogP contribution in [0.4, 0.5) is 4.79 Å². The second kappa shape index (κ2) is 11.7. The lowest BCUT2D eigenvalue weighted by Gasteiger charge is -2.24. The second-order valence-corrected chi connectivity index (χ2v) is 9.47. The molecule has 3 N–H and O–H groups in total. The molecule has 0 atom stereocenters. The average molecular weight is 568 g/mol. The number of carbonyl (C=O) groups excluding carboxylic acids is 1. The van der Waals surface area contributed by atoms with Gasteiger partial charge in [-0.3, -0.25) is 4.57 Å². The highest BCUT2D eigenvalue weighted by Crippen LogP contribution is 2.33. The summed E-state index contributed by atoms with van der Waals surface area (Å²) in [6.07, 6.45) is 3.98. The minimum absolute atomic E-state index is 0.0198. The Balaban J connectivity index is 0.000000302. The number of aromatic nitrogens is 2. The second-order valence-electron chi connectivity index (χ2n) is 7.71. The van der Waals surface area contributed by atoms with Crippen LogP contribution in [0.1, 0.15) is 42.4 Å². The first kappa shape index (κ1) is 26.1. The summed E-state index contributed by atoms with van der Waals surface area (Å²) in [6.45, 7) is 3.61. The van der Waals surface area contributed by atoms with Crippen LogP contribution in [0.3, 0.4) is 0 Å². The lowest BCUT2D eigenvalue weighted by molar-refractivity contribution is 0.0689. The predicted molar refractivity (Wildman–Crippen MR) is 138 cm³/mol. The number of carbonyl (C=O) groups is 2. The molecule has 34 heavy (non-hydrogen) atoms. The summed E-state index contributed by atoms with van der Waals surface area (Å²) in [5.41, 5.74) is 7.11. The van der Waals surface area contributed by atoms with E-state index in [2.05, 4.69) is 20.9 Å². The zero-order valence-electron chi connectivity index (χ0n) is 18.6. The molecule has 7 nitrogen and oxygen atoms in total. The van der Waals surface area contributed by atoms with Gasteiger partial charge in [0, 0.05) is 33.8 Å². The van der Waals surface area contributed by atoms with E-state index in [-0.39, 0.29) is 11.7 Å². The van der Waals surface area contributed by atoms with Crippen LogP contribution in [-0.4, -0.2) is 44.6 Å². The normalized spacial score (nSPS) is 13.2. The molecular formula is C24H25BrCl2N4O3. The molecule has 10 heteroatoms. The lowest BCUT2D eigenvalue weighted by Crippen LogP contribution is -2.39. The number of halogens is 3. The number of nitrogens with two attached hydrogens (primary N) is 1. The van der Waals surface area contributed by atoms with Crippen molar-refractivity contribution in [1.29, 1.82) is 0 Å². The molecule has 0 unspecified atom stereocenters. The highest BCUT2D eigenvalue weighted by molar-refractivity contribution is 9.10. The Bertz CT molecular complexity index is 1180. The number of benzene rings is 2. The Morgan fingerprint density at radius 3 is 2.24 bits per heavy atom. The predicted octanol–water partition coefficient (Wildman–Crippen LogP) is 6.42. The van der Waals surface area contributed by atoms with E-state index in [9.17, 15) is 14.7 Å². The molecule has 0 spiro atoms. The lowest BCUT2D eigenvalue weighted by atomic mass is 10.1. The Labute approximate surface area is 216 Å². The topological polar surface area (TPSA) is 101 Å². The van der Waals surface area contributed by atoms with Crippen LogP contribution in [-0.2, 0) is 6.42 Å². The Morgan fingerprint density at radius 1 is 1.09 bits per heavy atom. The SMILES string of the molecule is CCc1c(C(=O)O)nc(-c2ccc(Cl)cc2Cl)n1-c1ccc(Br)cc1.NC(=O)N1CCCCC1. The number of amides is 2. The minimum Gasteiger partial charge on any atom is -0.476 e. The molecule has 1 aliphatic heterocycles. The summed E-state index contributed by atoms with van der Waals surface area (Å²) in [4.78, 5) is 28.2. The van der Waals surface area contributed by atoms with E-state index >= 15 is 0 Å². The summed E-state index contributed by atoms with van der Waals surface area (Å²) in [7, 11) is 0. The van der Waals surface area contributed by atoms with Gasteiger partial charge in [0.2, 0.25) is 0 Å². The number of aromatic carboxylic acids is 1. The fraction of sp³-hybridized carbons (Fsp3) is 0.292. The maximum atomic E-state index is 11.7. The molecule has 1 saturated heterocycles. The van der Waals surface area contributed by atoms with Crippen LogP contribution in [0, 0.1) is 0 Å². The van der Waals surface area contributed by atoms with Gasteiger partial charge in [-0.1, -0.05) is 46.1 Å². The van der Waals surface area contributed by atoms with E-state index in [1.54, 1.807) is 23.1 Å². The number of hydrogen-bond donors (Lipinski definition) is 2. The third-order valence-corrected chi connectivity index (χ3v) is 6.51. The van der Waals surface area contributed by atoms with Crippen molar-refractivity contribution in [3.05, 3.63) is 68.4 Å². The van der Waals surface area contributed by atoms with Crippen molar-refractivity contribution in [2.75, 3.05) is 13.1 Å². The number of imidazole rings is 1. The quantitative estimate of drug-likeness (QED) is 0.379. The number of likely N-dealkylation sites (tertiary alicyclic amines) is 1. The summed E-state index contributed by atoms with van der Waals surface area (Å²) >= 11 is 15.7. The fourth-order valence-electron chi connectivity index (χ4n) is 3.79. The highest BCUT2D eigenvalue weighted by Gasteiger charge is 2.24. The number of urea groups is 1. The van der Waals surface area contributed by atoms with Gasteiger partial charge < -0.3 is 15.7 Å². The molecule has 2 heterocycles. The van der Waals surface area contributed by atoms with Gasteiger partial charge >= 0.3 is 12.0 Å². The maximum absolute atomic E-state index is 11.7. The van der Waals surface area contributed by atoms with E-state index in [4.69, 9.17) is 28.9 Å². The van der Waals surface area contributed by atoms with Crippen molar-refractivity contribution in [3.8, 4) is 17.1 Å². The summed E-state index contributed by atoms with van der Waals surface area (Å²) < 4.78 is 2.75. The van der Waals surface area contributed by atoms with Gasteiger partial charge in [-0.15, -0.1) is 0 Å². The van der Waals surface area contributed by atoms with E-state index in [0.29, 0.717) is 33.5 Å². The number of nitrogens with zero attached hydrogens (tertiary/aromatic N) is 3. The van der Waals surface area contributed by atoms with Crippen molar-refractivity contribution in [1.82, 2.24) is 14.5 Å². The molecule has 0 saturated carbocycles. The van der Waals surface area contributed by atoms with Crippen LogP contribution >= 0.6 is 39.1 Å². The van der Waals surface area contributed by atoms with E-state index in [0.717, 1.165) is 36.1 Å². The Morgan fingerprint density at radius 2 is 1.74 bits per heavy atom. The molecule has 0 aliphatic carbocycles. The van der Waals surface area contributed by atoms with Crippen molar-refractivity contribution in [3.63, 3.8) is 0 Å². The summed E-state index contributed by atoms with van der Waals surface area (Å²) in [5.74, 6) is -0.600. The molecule has 1 fully saturated rings. The highest BCUT2D eigenvalue weighted by atomic mass is 79.9. The zero-order chi connectivity index (χ0) is 24.8. The molecule has 1 aromatic heterocycles. The molecule has 1 aliphatic rings. The van der Waals surface area contributed by atoms with Crippen LogP contribution in [0.25, 0.3) is 17.1 Å². The monoisotopic (exact) mass is 566 g/mol. The fourth-order valence-corrected chi connectivity index (χ4v) is 4.54. The summed E-state index contributed by atoms with van der Waals surface area (Å²) in [5, 5.41) is 10.5. The number of carboxylic acid groups (broad SMARTS) is 1. The first-order valence-electron chi connectivity index (χ1n) is 10.8. The number of rotatable bonds is 4. The number of primary amides is 1. The van der Waals surface area contributed by atoms with Gasteiger partial charge in [0.05, 0.1) is 10.7 Å². The molecule has 2 aromatic carbocycles. The van der Waals surface area contributed by atoms with E-state index < -0.39 is 5.97 Å². The zero-order valence-corrected chi connectivity index (χ0v) is 21.7.